The molecule has 1 aliphatic heterocycles. The number of hydrogen-bond donors (Lipinski definition) is 1. The van der Waals surface area contributed by atoms with Crippen molar-refractivity contribution in [2.24, 2.45) is 7.05 Å². The zero-order chi connectivity index (χ0) is 16.6. The minimum atomic E-state index is 0.111. The Hall–Kier alpha value is -1.22. The topological polar surface area (TPSA) is 53.9 Å². The second-order valence-electron chi connectivity index (χ2n) is 6.02. The number of aryl methyl sites for hydroxylation is 1. The lowest BCUT2D eigenvalue weighted by Crippen LogP contribution is -2.40. The van der Waals surface area contributed by atoms with Gasteiger partial charge in [-0.15, -0.1) is 0 Å². The molecular weight excluding hydrogens is 423 g/mol. The van der Waals surface area contributed by atoms with E-state index in [0.29, 0.717) is 11.3 Å². The van der Waals surface area contributed by atoms with Crippen molar-refractivity contribution in [3.8, 4) is 0 Å². The maximum Gasteiger partial charge on any atom is 0.254 e. The molecule has 1 saturated heterocycles. The third kappa shape index (κ3) is 3.35. The van der Waals surface area contributed by atoms with Gasteiger partial charge in [-0.2, -0.15) is 5.10 Å². The average molecular weight is 442 g/mol. The zero-order valence-corrected chi connectivity index (χ0v) is 16.1. The summed E-state index contributed by atoms with van der Waals surface area (Å²) in [6.07, 6.45) is 2.01. The van der Waals surface area contributed by atoms with Gasteiger partial charge in [0.25, 0.3) is 5.91 Å². The number of aromatic amines is 1. The average Bonchev–Trinajstić information content (AvgIpc) is 2.89. The van der Waals surface area contributed by atoms with Gasteiger partial charge in [0, 0.05) is 29.6 Å². The van der Waals surface area contributed by atoms with Gasteiger partial charge in [0.05, 0.1) is 5.56 Å². The summed E-state index contributed by atoms with van der Waals surface area (Å²) in [5, 5.41) is 7.18. The van der Waals surface area contributed by atoms with Crippen LogP contribution in [-0.2, 0) is 7.05 Å². The third-order valence-corrected chi connectivity index (χ3v) is 5.65. The van der Waals surface area contributed by atoms with E-state index in [1.54, 1.807) is 0 Å². The lowest BCUT2D eigenvalue weighted by atomic mass is 9.96. The number of H-pyrrole nitrogens is 1. The molecule has 1 atom stereocenters. The molecule has 2 aromatic rings. The van der Waals surface area contributed by atoms with Gasteiger partial charge < -0.3 is 9.47 Å². The lowest BCUT2D eigenvalue weighted by molar-refractivity contribution is 0.0702. The molecule has 3 rings (SSSR count). The smallest absolute Gasteiger partial charge is 0.254 e. The van der Waals surface area contributed by atoms with Gasteiger partial charge in [-0.1, -0.05) is 11.6 Å². The third-order valence-electron chi connectivity index (χ3n) is 4.34. The number of aromatic nitrogens is 3. The first-order valence-corrected chi connectivity index (χ1v) is 9.13. The highest BCUT2D eigenvalue weighted by atomic mass is 127. The maximum absolute atomic E-state index is 12.9. The number of rotatable bonds is 2. The summed E-state index contributed by atoms with van der Waals surface area (Å²) < 4.78 is 3.53. The Morgan fingerprint density at radius 2 is 2.26 bits per heavy atom. The molecule has 1 N–H and O–H groups in total. The van der Waals surface area contributed by atoms with Crippen molar-refractivity contribution in [1.82, 2.24) is 19.7 Å². The van der Waals surface area contributed by atoms with Crippen LogP contribution in [0.2, 0.25) is 0 Å². The Balaban J connectivity index is 1.83. The van der Waals surface area contributed by atoms with Crippen LogP contribution in [0.25, 0.3) is 0 Å². The van der Waals surface area contributed by atoms with Crippen molar-refractivity contribution in [3.63, 3.8) is 0 Å². The van der Waals surface area contributed by atoms with E-state index in [0.717, 1.165) is 39.9 Å². The summed E-state index contributed by atoms with van der Waals surface area (Å²) in [6.45, 7) is 3.51. The molecule has 7 heteroatoms. The van der Waals surface area contributed by atoms with Crippen molar-refractivity contribution < 1.29 is 4.79 Å². The Bertz CT molecular complexity index is 798. The predicted octanol–water partition coefficient (Wildman–Crippen LogP) is 3.41. The highest BCUT2D eigenvalue weighted by Crippen LogP contribution is 2.27. The van der Waals surface area contributed by atoms with Gasteiger partial charge in [0.1, 0.15) is 5.82 Å². The van der Waals surface area contributed by atoms with E-state index in [2.05, 4.69) is 32.8 Å². The van der Waals surface area contributed by atoms with Crippen molar-refractivity contribution in [2.45, 2.75) is 25.7 Å². The Morgan fingerprint density at radius 1 is 1.48 bits per heavy atom. The fourth-order valence-electron chi connectivity index (χ4n) is 3.07. The van der Waals surface area contributed by atoms with Crippen LogP contribution in [0.1, 0.15) is 40.5 Å². The normalized spacial score (nSPS) is 18.2. The number of hydrogen-bond acceptors (Lipinski definition) is 3. The van der Waals surface area contributed by atoms with Crippen LogP contribution in [-0.4, -0.2) is 38.7 Å². The van der Waals surface area contributed by atoms with Crippen LogP contribution < -0.4 is 0 Å². The van der Waals surface area contributed by atoms with E-state index in [9.17, 15) is 4.79 Å². The minimum absolute atomic E-state index is 0.111. The van der Waals surface area contributed by atoms with Crippen molar-refractivity contribution in [1.29, 1.82) is 0 Å². The molecule has 0 saturated carbocycles. The van der Waals surface area contributed by atoms with E-state index < -0.39 is 0 Å². The molecule has 1 aromatic heterocycles. The van der Waals surface area contributed by atoms with E-state index in [-0.39, 0.29) is 11.8 Å². The molecule has 0 aliphatic carbocycles. The second-order valence-corrected chi connectivity index (χ2v) is 7.57. The number of likely N-dealkylation sites (tertiary alicyclic amines) is 1. The molecule has 122 valence electrons. The number of benzene rings is 1. The fraction of sp³-hybridized carbons (Fsp3) is 0.438. The van der Waals surface area contributed by atoms with E-state index >= 15 is 0 Å². The molecule has 1 fully saturated rings. The summed E-state index contributed by atoms with van der Waals surface area (Å²) in [7, 11) is 1.92. The number of nitrogens with zero attached hydrogens (tertiary/aromatic N) is 3. The largest absolute Gasteiger partial charge is 0.338 e. The molecule has 1 amide bonds. The Morgan fingerprint density at radius 3 is 2.96 bits per heavy atom. The summed E-state index contributed by atoms with van der Waals surface area (Å²) >= 11 is 7.43. The fourth-order valence-corrected chi connectivity index (χ4v) is 3.78. The van der Waals surface area contributed by atoms with Crippen LogP contribution in [0.15, 0.2) is 18.2 Å². The Labute approximate surface area is 154 Å². The van der Waals surface area contributed by atoms with Crippen molar-refractivity contribution in [2.75, 3.05) is 13.1 Å². The number of carbonyl (C=O) groups excluding carboxylic acids is 1. The van der Waals surface area contributed by atoms with Gasteiger partial charge in [-0.05, 0) is 66.7 Å². The number of halogens is 1. The monoisotopic (exact) mass is 442 g/mol. The minimum Gasteiger partial charge on any atom is -0.338 e. The van der Waals surface area contributed by atoms with Gasteiger partial charge in [0.2, 0.25) is 0 Å². The standard InChI is InChI=1S/C16H19IN4OS/c1-10-5-6-13(17)12(8-10)15(22)21-7-3-4-11(9-21)14-18-19-16(23)20(14)2/h5-6,8,11H,3-4,7,9H2,1-2H3,(H,19,23)/t11-/m0/s1. The first-order chi connectivity index (χ1) is 11.0. The summed E-state index contributed by atoms with van der Waals surface area (Å²) in [5.41, 5.74) is 1.90. The van der Waals surface area contributed by atoms with E-state index in [1.807, 2.05) is 41.6 Å². The molecule has 0 bridgehead atoms. The molecule has 0 radical (unpaired) electrons. The maximum atomic E-state index is 12.9. The summed E-state index contributed by atoms with van der Waals surface area (Å²) in [5.74, 6) is 1.28. The molecule has 1 aliphatic rings. The molecule has 5 nitrogen and oxygen atoms in total. The van der Waals surface area contributed by atoms with Crippen molar-refractivity contribution in [3.05, 3.63) is 43.5 Å². The summed E-state index contributed by atoms with van der Waals surface area (Å²) in [4.78, 5) is 14.9. The SMILES string of the molecule is Cc1ccc(I)c(C(=O)N2CCC[C@H](c3n[nH]c(=S)n3C)C2)c1. The molecule has 23 heavy (non-hydrogen) atoms. The number of nitrogens with one attached hydrogen (secondary N) is 1. The van der Waals surface area contributed by atoms with Gasteiger partial charge in [-0.25, -0.2) is 0 Å². The number of piperidine rings is 1. The van der Waals surface area contributed by atoms with Crippen molar-refractivity contribution >= 4 is 40.7 Å². The van der Waals surface area contributed by atoms with Crippen LogP contribution in [0.5, 0.6) is 0 Å². The quantitative estimate of drug-likeness (QED) is 0.573. The van der Waals surface area contributed by atoms with E-state index in [4.69, 9.17) is 12.2 Å². The van der Waals surface area contributed by atoms with Crippen LogP contribution in [0.3, 0.4) is 0 Å². The highest BCUT2D eigenvalue weighted by Gasteiger charge is 2.28. The second kappa shape index (κ2) is 6.72. The molecular formula is C16H19IN4OS. The predicted molar refractivity (Wildman–Crippen MR) is 100 cm³/mol. The van der Waals surface area contributed by atoms with Gasteiger partial charge >= 0.3 is 0 Å². The number of carbonyl (C=O) groups is 1. The molecule has 0 spiro atoms. The molecule has 0 unspecified atom stereocenters. The number of amides is 1. The Kier molecular flexibility index (Phi) is 4.86. The molecule has 1 aromatic carbocycles. The van der Waals surface area contributed by atoms with Crippen LogP contribution >= 0.6 is 34.8 Å². The molecule has 2 heterocycles. The first kappa shape index (κ1) is 16.6. The van der Waals surface area contributed by atoms with E-state index in [1.165, 1.54) is 0 Å². The van der Waals surface area contributed by atoms with Gasteiger partial charge in [-0.3, -0.25) is 9.89 Å². The lowest BCUT2D eigenvalue weighted by Gasteiger charge is -2.32. The van der Waals surface area contributed by atoms with Crippen LogP contribution in [0, 0.1) is 15.3 Å². The highest BCUT2D eigenvalue weighted by molar-refractivity contribution is 14.1. The van der Waals surface area contributed by atoms with Crippen LogP contribution in [0.4, 0.5) is 0 Å². The first-order valence-electron chi connectivity index (χ1n) is 7.64. The summed E-state index contributed by atoms with van der Waals surface area (Å²) in [6, 6.07) is 6.01. The zero-order valence-electron chi connectivity index (χ0n) is 13.2. The van der Waals surface area contributed by atoms with Gasteiger partial charge in [0.15, 0.2) is 4.77 Å².